The van der Waals surface area contributed by atoms with Crippen LogP contribution >= 0.6 is 0 Å². The van der Waals surface area contributed by atoms with E-state index in [-0.39, 0.29) is 0 Å². The standard InChI is InChI=1S/C15H17N5/c1-11-12-5-2-3-6-13(12)15(20-19-11)18-8-4-7-14-16-9-10-17-14/h2-3,5-6,9-10H,4,7-8H2,1H3,(H,16,17)(H,18,20). The van der Waals surface area contributed by atoms with Gasteiger partial charge in [0.05, 0.1) is 5.69 Å². The maximum absolute atomic E-state index is 4.26. The van der Waals surface area contributed by atoms with Crippen molar-refractivity contribution in [3.8, 4) is 0 Å². The van der Waals surface area contributed by atoms with Crippen molar-refractivity contribution in [2.24, 2.45) is 0 Å². The summed E-state index contributed by atoms with van der Waals surface area (Å²) in [6.45, 7) is 2.83. The molecule has 3 rings (SSSR count). The first-order chi connectivity index (χ1) is 9.84. The molecule has 2 heterocycles. The van der Waals surface area contributed by atoms with Gasteiger partial charge in [-0.2, -0.15) is 5.10 Å². The van der Waals surface area contributed by atoms with Crippen LogP contribution in [0.15, 0.2) is 36.7 Å². The molecule has 20 heavy (non-hydrogen) atoms. The van der Waals surface area contributed by atoms with Crippen LogP contribution in [0.25, 0.3) is 10.8 Å². The van der Waals surface area contributed by atoms with Crippen LogP contribution in [-0.4, -0.2) is 26.7 Å². The molecule has 0 aliphatic rings. The molecule has 0 radical (unpaired) electrons. The molecule has 0 fully saturated rings. The zero-order valence-electron chi connectivity index (χ0n) is 11.4. The van der Waals surface area contributed by atoms with Crippen LogP contribution in [0.2, 0.25) is 0 Å². The third kappa shape index (κ3) is 2.61. The molecule has 5 heteroatoms. The molecule has 0 bridgehead atoms. The van der Waals surface area contributed by atoms with Crippen molar-refractivity contribution < 1.29 is 0 Å². The third-order valence-corrected chi connectivity index (χ3v) is 3.31. The number of anilines is 1. The van der Waals surface area contributed by atoms with Crippen molar-refractivity contribution in [3.63, 3.8) is 0 Å². The van der Waals surface area contributed by atoms with Gasteiger partial charge in [0.2, 0.25) is 0 Å². The second-order valence-corrected chi connectivity index (χ2v) is 4.75. The lowest BCUT2D eigenvalue weighted by Gasteiger charge is -2.08. The summed E-state index contributed by atoms with van der Waals surface area (Å²) in [5.74, 6) is 1.87. The maximum atomic E-state index is 4.26. The van der Waals surface area contributed by atoms with E-state index in [9.17, 15) is 0 Å². The first kappa shape index (κ1) is 12.6. The third-order valence-electron chi connectivity index (χ3n) is 3.31. The van der Waals surface area contributed by atoms with E-state index < -0.39 is 0 Å². The fourth-order valence-electron chi connectivity index (χ4n) is 2.27. The Morgan fingerprint density at radius 3 is 2.80 bits per heavy atom. The minimum Gasteiger partial charge on any atom is -0.368 e. The van der Waals surface area contributed by atoms with E-state index in [1.54, 1.807) is 6.20 Å². The number of aromatic amines is 1. The highest BCUT2D eigenvalue weighted by molar-refractivity contribution is 5.92. The summed E-state index contributed by atoms with van der Waals surface area (Å²) in [5, 5.41) is 14.1. The monoisotopic (exact) mass is 267 g/mol. The molecule has 0 aliphatic heterocycles. The number of aryl methyl sites for hydroxylation is 2. The lowest BCUT2D eigenvalue weighted by atomic mass is 10.1. The molecule has 2 N–H and O–H groups in total. The lowest BCUT2D eigenvalue weighted by molar-refractivity contribution is 0.811. The number of fused-ring (bicyclic) bond motifs is 1. The molecule has 0 amide bonds. The summed E-state index contributed by atoms with van der Waals surface area (Å²) in [4.78, 5) is 7.32. The molecule has 3 aromatic rings. The molecular weight excluding hydrogens is 250 g/mol. The summed E-state index contributed by atoms with van der Waals surface area (Å²) in [6, 6.07) is 8.20. The van der Waals surface area contributed by atoms with Gasteiger partial charge >= 0.3 is 0 Å². The fourth-order valence-corrected chi connectivity index (χ4v) is 2.27. The van der Waals surface area contributed by atoms with Crippen LogP contribution in [0.4, 0.5) is 5.82 Å². The molecule has 0 unspecified atom stereocenters. The van der Waals surface area contributed by atoms with Crippen LogP contribution < -0.4 is 5.32 Å². The number of imidazole rings is 1. The van der Waals surface area contributed by atoms with Crippen LogP contribution in [0.3, 0.4) is 0 Å². The first-order valence-corrected chi connectivity index (χ1v) is 6.79. The molecule has 0 saturated heterocycles. The number of benzene rings is 1. The Bertz CT molecular complexity index is 691. The SMILES string of the molecule is Cc1nnc(NCCCc2ncc[nH]2)c2ccccc12. The Balaban J connectivity index is 1.67. The van der Waals surface area contributed by atoms with Gasteiger partial charge in [0.1, 0.15) is 5.82 Å². The molecule has 0 saturated carbocycles. The van der Waals surface area contributed by atoms with E-state index in [4.69, 9.17) is 0 Å². The van der Waals surface area contributed by atoms with Crippen molar-refractivity contribution in [1.29, 1.82) is 0 Å². The quantitative estimate of drug-likeness (QED) is 0.697. The normalized spacial score (nSPS) is 10.8. The van der Waals surface area contributed by atoms with Gasteiger partial charge in [-0.3, -0.25) is 0 Å². The van der Waals surface area contributed by atoms with E-state index >= 15 is 0 Å². The maximum Gasteiger partial charge on any atom is 0.156 e. The molecule has 1 aromatic carbocycles. The van der Waals surface area contributed by atoms with E-state index in [1.807, 2.05) is 25.3 Å². The fraction of sp³-hybridized carbons (Fsp3) is 0.267. The minimum atomic E-state index is 0.850. The van der Waals surface area contributed by atoms with Crippen LogP contribution in [0.5, 0.6) is 0 Å². The molecule has 0 atom stereocenters. The summed E-state index contributed by atoms with van der Waals surface area (Å²) < 4.78 is 0. The number of hydrogen-bond acceptors (Lipinski definition) is 4. The second-order valence-electron chi connectivity index (χ2n) is 4.75. The summed E-state index contributed by atoms with van der Waals surface area (Å²) >= 11 is 0. The van der Waals surface area contributed by atoms with Crippen molar-refractivity contribution in [1.82, 2.24) is 20.2 Å². The zero-order chi connectivity index (χ0) is 13.8. The Labute approximate surface area is 117 Å². The van der Waals surface area contributed by atoms with Gasteiger partial charge < -0.3 is 10.3 Å². The smallest absolute Gasteiger partial charge is 0.156 e. The van der Waals surface area contributed by atoms with Gasteiger partial charge in [0.25, 0.3) is 0 Å². The predicted octanol–water partition coefficient (Wildman–Crippen LogP) is 2.71. The molecule has 0 aliphatic carbocycles. The molecule has 5 nitrogen and oxygen atoms in total. The van der Waals surface area contributed by atoms with Gasteiger partial charge in [-0.1, -0.05) is 24.3 Å². The number of rotatable bonds is 5. The molecule has 2 aromatic heterocycles. The van der Waals surface area contributed by atoms with E-state index in [1.165, 1.54) is 0 Å². The Morgan fingerprint density at radius 2 is 2.00 bits per heavy atom. The highest BCUT2D eigenvalue weighted by Crippen LogP contribution is 2.22. The summed E-state index contributed by atoms with van der Waals surface area (Å²) in [5.41, 5.74) is 0.960. The summed E-state index contributed by atoms with van der Waals surface area (Å²) in [6.07, 6.45) is 5.55. The van der Waals surface area contributed by atoms with Crippen LogP contribution in [0.1, 0.15) is 17.9 Å². The number of nitrogens with one attached hydrogen (secondary N) is 2. The van der Waals surface area contributed by atoms with Crippen molar-refractivity contribution >= 4 is 16.6 Å². The number of nitrogens with zero attached hydrogens (tertiary/aromatic N) is 3. The van der Waals surface area contributed by atoms with E-state index in [2.05, 4.69) is 37.6 Å². The highest BCUT2D eigenvalue weighted by Gasteiger charge is 2.05. The van der Waals surface area contributed by atoms with Crippen LogP contribution in [0, 0.1) is 6.92 Å². The zero-order valence-corrected chi connectivity index (χ0v) is 11.4. The minimum absolute atomic E-state index is 0.850. The average molecular weight is 267 g/mol. The molecule has 0 spiro atoms. The average Bonchev–Trinajstić information content (AvgIpc) is 2.99. The number of H-pyrrole nitrogens is 1. The Kier molecular flexibility index (Phi) is 3.58. The van der Waals surface area contributed by atoms with E-state index in [0.717, 1.165) is 47.5 Å². The Morgan fingerprint density at radius 1 is 1.15 bits per heavy atom. The van der Waals surface area contributed by atoms with Gasteiger partial charge in [-0.05, 0) is 13.3 Å². The second kappa shape index (κ2) is 5.69. The lowest BCUT2D eigenvalue weighted by Crippen LogP contribution is -2.07. The largest absolute Gasteiger partial charge is 0.368 e. The topological polar surface area (TPSA) is 66.5 Å². The van der Waals surface area contributed by atoms with Crippen molar-refractivity contribution in [2.75, 3.05) is 11.9 Å². The van der Waals surface area contributed by atoms with E-state index in [0.29, 0.717) is 0 Å². The van der Waals surface area contributed by atoms with Crippen molar-refractivity contribution in [2.45, 2.75) is 19.8 Å². The summed E-state index contributed by atoms with van der Waals surface area (Å²) in [7, 11) is 0. The molecule has 102 valence electrons. The Hall–Kier alpha value is -2.43. The van der Waals surface area contributed by atoms with Gasteiger partial charge in [0.15, 0.2) is 5.82 Å². The molecular formula is C15H17N5. The van der Waals surface area contributed by atoms with Gasteiger partial charge in [-0.15, -0.1) is 5.10 Å². The number of hydrogen-bond donors (Lipinski definition) is 2. The first-order valence-electron chi connectivity index (χ1n) is 6.79. The van der Waals surface area contributed by atoms with Gasteiger partial charge in [0, 0.05) is 36.1 Å². The van der Waals surface area contributed by atoms with Gasteiger partial charge in [-0.25, -0.2) is 4.98 Å². The predicted molar refractivity (Wildman–Crippen MR) is 79.7 cm³/mol. The highest BCUT2D eigenvalue weighted by atomic mass is 15.2. The number of aromatic nitrogens is 4. The van der Waals surface area contributed by atoms with Crippen LogP contribution in [-0.2, 0) is 6.42 Å². The van der Waals surface area contributed by atoms with Crippen molar-refractivity contribution in [3.05, 3.63) is 48.2 Å².